The van der Waals surface area contributed by atoms with Gasteiger partial charge in [0.15, 0.2) is 0 Å². The third-order valence-corrected chi connectivity index (χ3v) is 3.91. The molecule has 1 saturated carbocycles. The molecule has 18 heavy (non-hydrogen) atoms. The van der Waals surface area contributed by atoms with Crippen LogP contribution in [0.3, 0.4) is 0 Å². The van der Waals surface area contributed by atoms with E-state index in [0.29, 0.717) is 6.04 Å². The Morgan fingerprint density at radius 1 is 1.22 bits per heavy atom. The number of pyridine rings is 1. The van der Waals surface area contributed by atoms with Crippen molar-refractivity contribution >= 4 is 11.5 Å². The summed E-state index contributed by atoms with van der Waals surface area (Å²) in [5, 5.41) is 6.89. The second kappa shape index (κ2) is 6.62. The molecule has 2 rings (SSSR count). The van der Waals surface area contributed by atoms with Crippen molar-refractivity contribution in [3.8, 4) is 0 Å². The quantitative estimate of drug-likeness (QED) is 0.828. The number of hydrogen-bond acceptors (Lipinski definition) is 3. The van der Waals surface area contributed by atoms with Gasteiger partial charge in [-0.15, -0.1) is 0 Å². The van der Waals surface area contributed by atoms with E-state index >= 15 is 0 Å². The molecule has 3 heteroatoms. The van der Waals surface area contributed by atoms with Crippen LogP contribution in [0.15, 0.2) is 18.3 Å². The Hall–Kier alpha value is -1.25. The molecule has 1 aromatic heterocycles. The summed E-state index contributed by atoms with van der Waals surface area (Å²) in [4.78, 5) is 4.30. The number of nitrogens with zero attached hydrogens (tertiary/aromatic N) is 1. The van der Waals surface area contributed by atoms with Crippen LogP contribution in [0.4, 0.5) is 11.5 Å². The maximum absolute atomic E-state index is 4.30. The summed E-state index contributed by atoms with van der Waals surface area (Å²) in [5.74, 6) is 1.92. The van der Waals surface area contributed by atoms with Crippen molar-refractivity contribution in [1.82, 2.24) is 4.98 Å². The summed E-state index contributed by atoms with van der Waals surface area (Å²) in [6, 6.07) is 4.81. The van der Waals surface area contributed by atoms with Gasteiger partial charge in [-0.1, -0.05) is 13.3 Å². The molecular weight excluding hydrogens is 222 g/mol. The number of hydrogen-bond donors (Lipinski definition) is 2. The van der Waals surface area contributed by atoms with Gasteiger partial charge in [-0.05, 0) is 44.6 Å². The Balaban J connectivity index is 1.87. The first-order valence-electron chi connectivity index (χ1n) is 7.28. The maximum atomic E-state index is 4.30. The van der Waals surface area contributed by atoms with Gasteiger partial charge in [0.05, 0.1) is 0 Å². The molecule has 100 valence electrons. The third-order valence-electron chi connectivity index (χ3n) is 3.91. The number of anilines is 2. The molecule has 0 aliphatic heterocycles. The molecule has 0 aromatic carbocycles. The first-order valence-corrected chi connectivity index (χ1v) is 7.28. The normalized spacial score (nSPS) is 23.7. The Morgan fingerprint density at radius 3 is 2.67 bits per heavy atom. The highest BCUT2D eigenvalue weighted by Gasteiger charge is 2.19. The fraction of sp³-hybridized carbons (Fsp3) is 0.667. The first kappa shape index (κ1) is 13.2. The molecular formula is C15H25N3. The molecule has 0 saturated heterocycles. The molecule has 0 bridgehead atoms. The van der Waals surface area contributed by atoms with Gasteiger partial charge >= 0.3 is 0 Å². The highest BCUT2D eigenvalue weighted by Crippen LogP contribution is 2.28. The van der Waals surface area contributed by atoms with Gasteiger partial charge in [-0.25, -0.2) is 4.98 Å². The van der Waals surface area contributed by atoms with Crippen molar-refractivity contribution in [3.05, 3.63) is 18.3 Å². The lowest BCUT2D eigenvalue weighted by molar-refractivity contribution is 0.330. The second-order valence-corrected chi connectivity index (χ2v) is 5.23. The maximum Gasteiger partial charge on any atom is 0.127 e. The van der Waals surface area contributed by atoms with Crippen molar-refractivity contribution in [2.75, 3.05) is 17.2 Å². The predicted molar refractivity (Wildman–Crippen MR) is 78.1 cm³/mol. The molecule has 0 atom stereocenters. The summed E-state index contributed by atoms with van der Waals surface area (Å²) in [6.45, 7) is 5.32. The summed E-state index contributed by atoms with van der Waals surface area (Å²) in [6.07, 6.45) is 8.57. The summed E-state index contributed by atoms with van der Waals surface area (Å²) in [5.41, 5.74) is 1.20. The lowest BCUT2D eigenvalue weighted by Gasteiger charge is -2.29. The van der Waals surface area contributed by atoms with Crippen LogP contribution in [0.25, 0.3) is 0 Å². The van der Waals surface area contributed by atoms with E-state index in [1.807, 2.05) is 6.20 Å². The lowest BCUT2D eigenvalue weighted by Crippen LogP contribution is -2.25. The largest absolute Gasteiger partial charge is 0.382 e. The topological polar surface area (TPSA) is 37.0 Å². The molecule has 1 aliphatic carbocycles. The Bertz CT molecular complexity index is 357. The van der Waals surface area contributed by atoms with E-state index in [1.165, 1.54) is 37.8 Å². The fourth-order valence-corrected chi connectivity index (χ4v) is 2.75. The fourth-order valence-electron chi connectivity index (χ4n) is 2.75. The summed E-state index contributed by atoms with van der Waals surface area (Å²) >= 11 is 0. The standard InChI is InChI=1S/C15H25N3/c1-3-12-5-7-13(8-6-12)18-14-9-10-17-15(11-14)16-4-2/h9-13H,3-8H2,1-2H3,(H2,16,17,18). The molecule has 0 amide bonds. The van der Waals surface area contributed by atoms with Gasteiger partial charge in [0.25, 0.3) is 0 Å². The van der Waals surface area contributed by atoms with E-state index in [0.717, 1.165) is 18.3 Å². The van der Waals surface area contributed by atoms with Crippen LogP contribution in [0, 0.1) is 5.92 Å². The van der Waals surface area contributed by atoms with Crippen LogP contribution >= 0.6 is 0 Å². The third kappa shape index (κ3) is 3.62. The summed E-state index contributed by atoms with van der Waals surface area (Å²) in [7, 11) is 0. The van der Waals surface area contributed by atoms with Crippen LogP contribution < -0.4 is 10.6 Å². The molecule has 3 nitrogen and oxygen atoms in total. The van der Waals surface area contributed by atoms with Gasteiger partial charge in [0.1, 0.15) is 5.82 Å². The Kier molecular flexibility index (Phi) is 4.85. The highest BCUT2D eigenvalue weighted by molar-refractivity contribution is 5.52. The molecule has 0 unspecified atom stereocenters. The molecule has 2 N–H and O–H groups in total. The van der Waals surface area contributed by atoms with Crippen LogP contribution in [0.1, 0.15) is 46.0 Å². The smallest absolute Gasteiger partial charge is 0.127 e. The molecule has 0 spiro atoms. The minimum absolute atomic E-state index is 0.643. The summed E-state index contributed by atoms with van der Waals surface area (Å²) < 4.78 is 0. The average Bonchev–Trinajstić information content (AvgIpc) is 2.40. The molecule has 1 aromatic rings. The highest BCUT2D eigenvalue weighted by atomic mass is 15.0. The number of nitrogens with one attached hydrogen (secondary N) is 2. The van der Waals surface area contributed by atoms with E-state index in [2.05, 4.69) is 41.6 Å². The van der Waals surface area contributed by atoms with E-state index in [9.17, 15) is 0 Å². The lowest BCUT2D eigenvalue weighted by atomic mass is 9.84. The average molecular weight is 247 g/mol. The minimum Gasteiger partial charge on any atom is -0.382 e. The van der Waals surface area contributed by atoms with E-state index in [1.54, 1.807) is 0 Å². The van der Waals surface area contributed by atoms with Crippen LogP contribution in [-0.2, 0) is 0 Å². The molecule has 1 fully saturated rings. The predicted octanol–water partition coefficient (Wildman–Crippen LogP) is 3.89. The minimum atomic E-state index is 0.643. The number of aromatic nitrogens is 1. The van der Waals surface area contributed by atoms with Crippen molar-refractivity contribution in [3.63, 3.8) is 0 Å². The van der Waals surface area contributed by atoms with Crippen LogP contribution in [-0.4, -0.2) is 17.6 Å². The van der Waals surface area contributed by atoms with Crippen molar-refractivity contribution in [1.29, 1.82) is 0 Å². The Morgan fingerprint density at radius 2 is 2.00 bits per heavy atom. The Labute approximate surface area is 110 Å². The van der Waals surface area contributed by atoms with Gasteiger partial charge in [-0.3, -0.25) is 0 Å². The zero-order valence-electron chi connectivity index (χ0n) is 11.6. The SMILES string of the molecule is CCNc1cc(NC2CCC(CC)CC2)ccn1. The number of rotatable bonds is 5. The van der Waals surface area contributed by atoms with Crippen LogP contribution in [0.5, 0.6) is 0 Å². The van der Waals surface area contributed by atoms with Crippen molar-refractivity contribution in [2.45, 2.75) is 52.0 Å². The van der Waals surface area contributed by atoms with E-state index in [-0.39, 0.29) is 0 Å². The van der Waals surface area contributed by atoms with Gasteiger partial charge in [-0.2, -0.15) is 0 Å². The van der Waals surface area contributed by atoms with E-state index in [4.69, 9.17) is 0 Å². The van der Waals surface area contributed by atoms with Crippen molar-refractivity contribution < 1.29 is 0 Å². The van der Waals surface area contributed by atoms with E-state index < -0.39 is 0 Å². The molecule has 1 aliphatic rings. The van der Waals surface area contributed by atoms with Gasteiger partial charge in [0.2, 0.25) is 0 Å². The van der Waals surface area contributed by atoms with Gasteiger partial charge < -0.3 is 10.6 Å². The van der Waals surface area contributed by atoms with Crippen LogP contribution in [0.2, 0.25) is 0 Å². The zero-order valence-corrected chi connectivity index (χ0v) is 11.6. The van der Waals surface area contributed by atoms with Gasteiger partial charge in [0, 0.05) is 30.5 Å². The van der Waals surface area contributed by atoms with Crippen molar-refractivity contribution in [2.24, 2.45) is 5.92 Å². The zero-order chi connectivity index (χ0) is 12.8. The first-order chi connectivity index (χ1) is 8.81. The monoisotopic (exact) mass is 247 g/mol. The molecule has 1 heterocycles. The molecule has 0 radical (unpaired) electrons. The second-order valence-electron chi connectivity index (χ2n) is 5.23.